The molecule has 0 spiro atoms. The van der Waals surface area contributed by atoms with Crippen molar-refractivity contribution in [1.82, 2.24) is 15.7 Å². The van der Waals surface area contributed by atoms with Crippen LogP contribution in [0.2, 0.25) is 0 Å². The molecule has 1 aliphatic heterocycles. The molecular formula is C30H37N3O6. The van der Waals surface area contributed by atoms with Crippen molar-refractivity contribution in [1.29, 1.82) is 0 Å². The van der Waals surface area contributed by atoms with Gasteiger partial charge in [0.15, 0.2) is 11.8 Å². The first-order valence-corrected chi connectivity index (χ1v) is 13.1. The quantitative estimate of drug-likeness (QED) is 0.210. The number of ether oxygens (including phenoxy) is 2. The van der Waals surface area contributed by atoms with Crippen LogP contribution in [0.5, 0.6) is 0 Å². The maximum absolute atomic E-state index is 13.3. The highest BCUT2D eigenvalue weighted by Gasteiger charge is 2.47. The molecule has 0 aliphatic carbocycles. The molecule has 9 heteroatoms. The highest BCUT2D eigenvalue weighted by atomic mass is 16.8. The minimum atomic E-state index is -1.87. The fourth-order valence-electron chi connectivity index (χ4n) is 4.09. The molecule has 3 rings (SSSR count). The number of nitrogens with one attached hydrogen (secondary N) is 2. The summed E-state index contributed by atoms with van der Waals surface area (Å²) in [5.41, 5.74) is 3.60. The molecule has 1 heterocycles. The van der Waals surface area contributed by atoms with Crippen molar-refractivity contribution in [3.63, 3.8) is 0 Å². The maximum atomic E-state index is 13.3. The summed E-state index contributed by atoms with van der Waals surface area (Å²) in [5, 5.41) is 2.46. The Bertz CT molecular complexity index is 1180. The van der Waals surface area contributed by atoms with E-state index in [1.165, 1.54) is 26.6 Å². The number of likely N-dealkylation sites (N-methyl/N-ethyl adjacent to an activating group) is 2. The summed E-state index contributed by atoms with van der Waals surface area (Å²) < 4.78 is 10.5. The Balaban J connectivity index is 1.67. The van der Waals surface area contributed by atoms with E-state index in [1.54, 1.807) is 31.4 Å². The van der Waals surface area contributed by atoms with Gasteiger partial charge in [-0.2, -0.15) is 0 Å². The molecule has 2 atom stereocenters. The number of benzene rings is 2. The molecule has 0 radical (unpaired) electrons. The fraction of sp³-hybridized carbons (Fsp3) is 0.433. The van der Waals surface area contributed by atoms with E-state index < -0.39 is 29.6 Å². The Morgan fingerprint density at radius 1 is 1.03 bits per heavy atom. The lowest BCUT2D eigenvalue weighted by atomic mass is 9.96. The number of hydroxylamine groups is 1. The molecule has 3 amide bonds. The molecule has 2 aromatic rings. The predicted molar refractivity (Wildman–Crippen MR) is 146 cm³/mol. The van der Waals surface area contributed by atoms with Gasteiger partial charge in [0.1, 0.15) is 0 Å². The molecule has 1 aliphatic rings. The van der Waals surface area contributed by atoms with E-state index in [9.17, 15) is 14.4 Å². The Hall–Kier alpha value is -3.71. The zero-order valence-corrected chi connectivity index (χ0v) is 23.0. The standard InChI is InChI=1S/C30H37N3O6/c1-30(28(35)31-2,29(36)32-39-26-9-5-6-21-38-26)33(3)27(34)25-18-16-24(17-19-25)15-14-23-12-10-22(11-13-23)8-7-20-37-4/h10-13,16-19,26H,5-9,20-21H2,1-4H3,(H,31,35)(H,32,36). The molecule has 208 valence electrons. The number of carbonyl (C=O) groups excluding carboxylic acids is 3. The summed E-state index contributed by atoms with van der Waals surface area (Å²) in [4.78, 5) is 45.6. The maximum Gasteiger partial charge on any atom is 0.279 e. The SMILES string of the molecule is CNC(=O)C(C)(C(=O)NOC1CCCCO1)N(C)C(=O)c1ccc(C#Cc2ccc(CCCOC)cc2)cc1. The monoisotopic (exact) mass is 535 g/mol. The van der Waals surface area contributed by atoms with E-state index in [-0.39, 0.29) is 0 Å². The highest BCUT2D eigenvalue weighted by Crippen LogP contribution is 2.20. The van der Waals surface area contributed by atoms with E-state index in [0.717, 1.165) is 48.3 Å². The Labute approximate surface area is 230 Å². The Morgan fingerprint density at radius 2 is 1.67 bits per heavy atom. The third kappa shape index (κ3) is 7.90. The number of hydrogen-bond donors (Lipinski definition) is 2. The largest absolute Gasteiger partial charge is 0.385 e. The van der Waals surface area contributed by atoms with E-state index >= 15 is 0 Å². The molecule has 1 fully saturated rings. The fourth-order valence-corrected chi connectivity index (χ4v) is 4.09. The predicted octanol–water partition coefficient (Wildman–Crippen LogP) is 2.82. The lowest BCUT2D eigenvalue weighted by Gasteiger charge is -2.36. The van der Waals surface area contributed by atoms with Crippen LogP contribution in [0, 0.1) is 11.8 Å². The summed E-state index contributed by atoms with van der Waals surface area (Å²) in [6.45, 7) is 2.64. The van der Waals surface area contributed by atoms with Crippen molar-refractivity contribution in [3.8, 4) is 11.8 Å². The Kier molecular flexibility index (Phi) is 11.1. The minimum Gasteiger partial charge on any atom is -0.385 e. The zero-order valence-electron chi connectivity index (χ0n) is 23.0. The van der Waals surface area contributed by atoms with Crippen molar-refractivity contribution in [2.24, 2.45) is 0 Å². The molecule has 0 bridgehead atoms. The molecule has 39 heavy (non-hydrogen) atoms. The van der Waals surface area contributed by atoms with E-state index in [0.29, 0.717) is 18.6 Å². The van der Waals surface area contributed by atoms with Crippen LogP contribution in [0.1, 0.15) is 59.7 Å². The van der Waals surface area contributed by atoms with Gasteiger partial charge in [-0.25, -0.2) is 10.3 Å². The third-order valence-electron chi connectivity index (χ3n) is 6.76. The third-order valence-corrected chi connectivity index (χ3v) is 6.76. The average Bonchev–Trinajstić information content (AvgIpc) is 2.98. The summed E-state index contributed by atoms with van der Waals surface area (Å²) in [7, 11) is 4.51. The molecule has 9 nitrogen and oxygen atoms in total. The number of rotatable bonds is 10. The number of nitrogens with zero attached hydrogens (tertiary/aromatic N) is 1. The smallest absolute Gasteiger partial charge is 0.279 e. The number of hydrogen-bond acceptors (Lipinski definition) is 6. The van der Waals surface area contributed by atoms with Crippen molar-refractivity contribution in [3.05, 3.63) is 70.8 Å². The van der Waals surface area contributed by atoms with Gasteiger partial charge in [-0.1, -0.05) is 24.0 Å². The zero-order chi connectivity index (χ0) is 28.3. The first kappa shape index (κ1) is 29.8. The van der Waals surface area contributed by atoms with Gasteiger partial charge in [-0.05, 0) is 74.6 Å². The number of amides is 3. The molecule has 0 saturated carbocycles. The van der Waals surface area contributed by atoms with Crippen LogP contribution in [-0.4, -0.2) is 68.9 Å². The van der Waals surface area contributed by atoms with Gasteiger partial charge in [-0.15, -0.1) is 0 Å². The molecule has 2 N–H and O–H groups in total. The van der Waals surface area contributed by atoms with Crippen molar-refractivity contribution < 1.29 is 28.7 Å². The minimum absolute atomic E-state index is 0.308. The van der Waals surface area contributed by atoms with Crippen LogP contribution < -0.4 is 10.8 Å². The van der Waals surface area contributed by atoms with E-state index in [4.69, 9.17) is 14.3 Å². The first-order valence-electron chi connectivity index (χ1n) is 13.1. The molecule has 2 unspecified atom stereocenters. The second kappa shape index (κ2) is 14.4. The van der Waals surface area contributed by atoms with E-state index in [1.807, 2.05) is 12.1 Å². The second-order valence-electron chi connectivity index (χ2n) is 9.48. The molecule has 1 saturated heterocycles. The normalized spacial score (nSPS) is 16.3. The van der Waals surface area contributed by atoms with Gasteiger partial charge < -0.3 is 19.7 Å². The van der Waals surface area contributed by atoms with Crippen molar-refractivity contribution in [2.45, 2.75) is 50.9 Å². The van der Waals surface area contributed by atoms with Crippen LogP contribution in [-0.2, 0) is 30.3 Å². The summed E-state index contributed by atoms with van der Waals surface area (Å²) >= 11 is 0. The van der Waals surface area contributed by atoms with Gasteiger partial charge in [-0.3, -0.25) is 14.4 Å². The summed E-state index contributed by atoms with van der Waals surface area (Å²) in [5.74, 6) is 4.29. The highest BCUT2D eigenvalue weighted by molar-refractivity contribution is 6.12. The van der Waals surface area contributed by atoms with Crippen molar-refractivity contribution in [2.75, 3.05) is 34.4 Å². The van der Waals surface area contributed by atoms with E-state index in [2.05, 4.69) is 34.8 Å². The van der Waals surface area contributed by atoms with Crippen LogP contribution in [0.25, 0.3) is 0 Å². The summed E-state index contributed by atoms with van der Waals surface area (Å²) in [6.07, 6.45) is 3.79. The average molecular weight is 536 g/mol. The van der Waals surface area contributed by atoms with Gasteiger partial charge in [0, 0.05) is 57.5 Å². The van der Waals surface area contributed by atoms with Crippen molar-refractivity contribution >= 4 is 17.7 Å². The first-order chi connectivity index (χ1) is 18.8. The van der Waals surface area contributed by atoms with Crippen LogP contribution in [0.4, 0.5) is 0 Å². The van der Waals surface area contributed by atoms with Gasteiger partial charge in [0.2, 0.25) is 0 Å². The van der Waals surface area contributed by atoms with Gasteiger partial charge in [0.25, 0.3) is 17.7 Å². The Morgan fingerprint density at radius 3 is 2.23 bits per heavy atom. The van der Waals surface area contributed by atoms with Crippen LogP contribution in [0.3, 0.4) is 0 Å². The topological polar surface area (TPSA) is 106 Å². The second-order valence-corrected chi connectivity index (χ2v) is 9.48. The lowest BCUT2D eigenvalue weighted by molar-refractivity contribution is -0.204. The van der Waals surface area contributed by atoms with Crippen LogP contribution in [0.15, 0.2) is 48.5 Å². The van der Waals surface area contributed by atoms with Gasteiger partial charge >= 0.3 is 0 Å². The van der Waals surface area contributed by atoms with Crippen LogP contribution >= 0.6 is 0 Å². The number of carbonyl (C=O) groups is 3. The van der Waals surface area contributed by atoms with Gasteiger partial charge in [0.05, 0.1) is 0 Å². The molecule has 0 aromatic heterocycles. The molecular weight excluding hydrogens is 498 g/mol. The number of methoxy groups -OCH3 is 1. The summed E-state index contributed by atoms with van der Waals surface area (Å²) in [6, 6.07) is 14.8. The molecule has 2 aromatic carbocycles. The number of aryl methyl sites for hydroxylation is 1. The lowest BCUT2D eigenvalue weighted by Crippen LogP contribution is -2.65.